The summed E-state index contributed by atoms with van der Waals surface area (Å²) < 4.78 is 16.1. The first kappa shape index (κ1) is 13.2. The molecular formula is C15H19NO4. The summed E-state index contributed by atoms with van der Waals surface area (Å²) in [5.41, 5.74) is 0.393. The van der Waals surface area contributed by atoms with E-state index in [-0.39, 0.29) is 12.8 Å². The predicted octanol–water partition coefficient (Wildman–Crippen LogP) is 1.60. The largest absolute Gasteiger partial charge is 0.465 e. The van der Waals surface area contributed by atoms with Gasteiger partial charge in [-0.25, -0.2) is 0 Å². The van der Waals surface area contributed by atoms with E-state index in [9.17, 15) is 4.79 Å². The van der Waals surface area contributed by atoms with Crippen molar-refractivity contribution in [2.75, 3.05) is 26.5 Å². The second kappa shape index (κ2) is 5.32. The van der Waals surface area contributed by atoms with Crippen LogP contribution in [0.5, 0.6) is 11.5 Å². The summed E-state index contributed by atoms with van der Waals surface area (Å²) in [6.07, 6.45) is 1.48. The minimum absolute atomic E-state index is 0.139. The van der Waals surface area contributed by atoms with Gasteiger partial charge in [0, 0.05) is 0 Å². The molecule has 1 N–H and O–H groups in total. The molecule has 5 heteroatoms. The summed E-state index contributed by atoms with van der Waals surface area (Å²) in [4.78, 5) is 12.5. The van der Waals surface area contributed by atoms with Gasteiger partial charge in [-0.05, 0) is 50.6 Å². The van der Waals surface area contributed by atoms with Crippen LogP contribution >= 0.6 is 0 Å². The SMILES string of the molecule is CCOC(=O)C1(c2ccc3c(c2)OCO3)CCNCC1. The molecule has 0 aliphatic carbocycles. The zero-order valence-electron chi connectivity index (χ0n) is 11.6. The van der Waals surface area contributed by atoms with Crippen molar-refractivity contribution in [2.24, 2.45) is 0 Å². The van der Waals surface area contributed by atoms with Crippen molar-refractivity contribution in [2.45, 2.75) is 25.2 Å². The van der Waals surface area contributed by atoms with Crippen molar-refractivity contribution in [1.82, 2.24) is 5.32 Å². The topological polar surface area (TPSA) is 56.8 Å². The van der Waals surface area contributed by atoms with Crippen molar-refractivity contribution in [1.29, 1.82) is 0 Å². The molecule has 0 unspecified atom stereocenters. The molecule has 20 heavy (non-hydrogen) atoms. The average Bonchev–Trinajstić information content (AvgIpc) is 2.95. The number of carbonyl (C=O) groups is 1. The Morgan fingerprint density at radius 3 is 2.80 bits per heavy atom. The van der Waals surface area contributed by atoms with E-state index in [1.54, 1.807) is 0 Å². The number of carbonyl (C=O) groups excluding carboxylic acids is 1. The number of hydrogen-bond donors (Lipinski definition) is 1. The van der Waals surface area contributed by atoms with E-state index in [0.29, 0.717) is 12.4 Å². The summed E-state index contributed by atoms with van der Waals surface area (Å²) >= 11 is 0. The predicted molar refractivity (Wildman–Crippen MR) is 73.0 cm³/mol. The summed E-state index contributed by atoms with van der Waals surface area (Å²) in [6, 6.07) is 5.75. The molecule has 0 aromatic heterocycles. The number of fused-ring (bicyclic) bond motifs is 1. The molecule has 0 amide bonds. The van der Waals surface area contributed by atoms with Crippen LogP contribution in [0.2, 0.25) is 0 Å². The van der Waals surface area contributed by atoms with E-state index >= 15 is 0 Å². The van der Waals surface area contributed by atoms with Crippen LogP contribution < -0.4 is 14.8 Å². The highest BCUT2D eigenvalue weighted by Crippen LogP contribution is 2.40. The fourth-order valence-corrected chi connectivity index (χ4v) is 2.93. The van der Waals surface area contributed by atoms with Gasteiger partial charge in [-0.15, -0.1) is 0 Å². The Hall–Kier alpha value is -1.75. The molecule has 108 valence electrons. The molecule has 1 aromatic carbocycles. The number of piperidine rings is 1. The van der Waals surface area contributed by atoms with Crippen LogP contribution in [0.4, 0.5) is 0 Å². The van der Waals surface area contributed by atoms with Gasteiger partial charge in [-0.3, -0.25) is 4.79 Å². The van der Waals surface area contributed by atoms with Crippen LogP contribution in [-0.2, 0) is 14.9 Å². The first-order chi connectivity index (χ1) is 9.76. The van der Waals surface area contributed by atoms with E-state index in [4.69, 9.17) is 14.2 Å². The molecule has 2 heterocycles. The number of nitrogens with one attached hydrogen (secondary N) is 1. The Kier molecular flexibility index (Phi) is 3.53. The van der Waals surface area contributed by atoms with Gasteiger partial charge in [-0.1, -0.05) is 6.07 Å². The van der Waals surface area contributed by atoms with Crippen molar-refractivity contribution in [3.8, 4) is 11.5 Å². The molecule has 5 nitrogen and oxygen atoms in total. The molecule has 0 radical (unpaired) electrons. The van der Waals surface area contributed by atoms with Gasteiger partial charge in [0.1, 0.15) is 0 Å². The minimum atomic E-state index is -0.567. The second-order valence-corrected chi connectivity index (χ2v) is 5.12. The Balaban J connectivity index is 1.98. The van der Waals surface area contributed by atoms with Crippen molar-refractivity contribution in [3.63, 3.8) is 0 Å². The highest BCUT2D eigenvalue weighted by Gasteiger charge is 2.43. The van der Waals surface area contributed by atoms with Crippen molar-refractivity contribution in [3.05, 3.63) is 23.8 Å². The number of benzene rings is 1. The minimum Gasteiger partial charge on any atom is -0.465 e. The molecule has 0 atom stereocenters. The van der Waals surface area contributed by atoms with Gasteiger partial charge in [0.25, 0.3) is 0 Å². The van der Waals surface area contributed by atoms with Crippen LogP contribution in [0.1, 0.15) is 25.3 Å². The Labute approximate surface area is 118 Å². The first-order valence-electron chi connectivity index (χ1n) is 7.04. The third kappa shape index (κ3) is 2.12. The standard InChI is InChI=1S/C15H19NO4/c1-2-18-14(17)15(5-7-16-8-6-15)11-3-4-12-13(9-11)20-10-19-12/h3-4,9,16H,2,5-8,10H2,1H3. The highest BCUT2D eigenvalue weighted by atomic mass is 16.7. The molecule has 0 bridgehead atoms. The molecule has 1 saturated heterocycles. The zero-order valence-corrected chi connectivity index (χ0v) is 11.6. The van der Waals surface area contributed by atoms with Gasteiger partial charge in [0.05, 0.1) is 12.0 Å². The van der Waals surface area contributed by atoms with E-state index in [1.807, 2.05) is 25.1 Å². The lowest BCUT2D eigenvalue weighted by Crippen LogP contribution is -2.46. The van der Waals surface area contributed by atoms with Gasteiger partial charge < -0.3 is 19.5 Å². The number of esters is 1. The quantitative estimate of drug-likeness (QED) is 0.850. The second-order valence-electron chi connectivity index (χ2n) is 5.12. The van der Waals surface area contributed by atoms with Gasteiger partial charge in [-0.2, -0.15) is 0 Å². The lowest BCUT2D eigenvalue weighted by Gasteiger charge is -2.35. The third-order valence-electron chi connectivity index (χ3n) is 4.05. The maximum absolute atomic E-state index is 12.5. The summed E-state index contributed by atoms with van der Waals surface area (Å²) in [5.74, 6) is 1.31. The van der Waals surface area contributed by atoms with Gasteiger partial charge in [0.2, 0.25) is 6.79 Å². The van der Waals surface area contributed by atoms with E-state index in [1.165, 1.54) is 0 Å². The Bertz CT molecular complexity index is 509. The van der Waals surface area contributed by atoms with Crippen LogP contribution in [0.15, 0.2) is 18.2 Å². The van der Waals surface area contributed by atoms with E-state index in [2.05, 4.69) is 5.32 Å². The monoisotopic (exact) mass is 277 g/mol. The number of rotatable bonds is 3. The summed E-state index contributed by atoms with van der Waals surface area (Å²) in [7, 11) is 0. The molecule has 2 aliphatic heterocycles. The first-order valence-corrected chi connectivity index (χ1v) is 7.04. The van der Waals surface area contributed by atoms with Crippen LogP contribution in [-0.4, -0.2) is 32.5 Å². The number of ether oxygens (including phenoxy) is 3. The van der Waals surface area contributed by atoms with Crippen LogP contribution in [0.25, 0.3) is 0 Å². The third-order valence-corrected chi connectivity index (χ3v) is 4.05. The van der Waals surface area contributed by atoms with E-state index < -0.39 is 5.41 Å². The molecule has 2 aliphatic rings. The molecule has 3 rings (SSSR count). The van der Waals surface area contributed by atoms with Gasteiger partial charge in [0.15, 0.2) is 11.5 Å². The molecular weight excluding hydrogens is 258 g/mol. The van der Waals surface area contributed by atoms with Crippen molar-refractivity contribution < 1.29 is 19.0 Å². The average molecular weight is 277 g/mol. The molecule has 0 spiro atoms. The molecule has 1 fully saturated rings. The van der Waals surface area contributed by atoms with E-state index in [0.717, 1.165) is 37.2 Å². The van der Waals surface area contributed by atoms with Crippen molar-refractivity contribution >= 4 is 5.97 Å². The Morgan fingerprint density at radius 1 is 1.30 bits per heavy atom. The fourth-order valence-electron chi connectivity index (χ4n) is 2.93. The maximum atomic E-state index is 12.5. The molecule has 0 saturated carbocycles. The highest BCUT2D eigenvalue weighted by molar-refractivity contribution is 5.84. The smallest absolute Gasteiger partial charge is 0.316 e. The Morgan fingerprint density at radius 2 is 2.05 bits per heavy atom. The maximum Gasteiger partial charge on any atom is 0.316 e. The zero-order chi connectivity index (χ0) is 14.0. The lowest BCUT2D eigenvalue weighted by molar-refractivity contribution is -0.151. The normalized spacial score (nSPS) is 19.6. The number of hydrogen-bond acceptors (Lipinski definition) is 5. The fraction of sp³-hybridized carbons (Fsp3) is 0.533. The lowest BCUT2D eigenvalue weighted by atomic mass is 9.73. The van der Waals surface area contributed by atoms with Gasteiger partial charge >= 0.3 is 5.97 Å². The molecule has 1 aromatic rings. The van der Waals surface area contributed by atoms with Crippen LogP contribution in [0, 0.1) is 0 Å². The summed E-state index contributed by atoms with van der Waals surface area (Å²) in [5, 5.41) is 3.29. The van der Waals surface area contributed by atoms with Crippen LogP contribution in [0.3, 0.4) is 0 Å². The summed E-state index contributed by atoms with van der Waals surface area (Å²) in [6.45, 7) is 4.11.